The van der Waals surface area contributed by atoms with Crippen molar-refractivity contribution < 1.29 is 14.3 Å². The summed E-state index contributed by atoms with van der Waals surface area (Å²) in [6.45, 7) is 3.08. The summed E-state index contributed by atoms with van der Waals surface area (Å²) in [6.07, 6.45) is 0. The molecule has 5 nitrogen and oxygen atoms in total. The van der Waals surface area contributed by atoms with Gasteiger partial charge in [-0.1, -0.05) is 0 Å². The molecule has 1 N–H and O–H groups in total. The van der Waals surface area contributed by atoms with E-state index < -0.39 is 0 Å². The summed E-state index contributed by atoms with van der Waals surface area (Å²) in [5.41, 5.74) is 0.730. The second kappa shape index (κ2) is 4.61. The second-order valence-electron chi connectivity index (χ2n) is 4.16. The molecule has 1 fully saturated rings. The Labute approximate surface area is 109 Å². The Hall–Kier alpha value is -1.56. The van der Waals surface area contributed by atoms with E-state index in [9.17, 15) is 4.79 Å². The molecular weight excluding hydrogens is 252 g/mol. The monoisotopic (exact) mass is 266 g/mol. The van der Waals surface area contributed by atoms with Gasteiger partial charge in [-0.15, -0.1) is 11.8 Å². The van der Waals surface area contributed by atoms with Gasteiger partial charge in [-0.25, -0.2) is 4.79 Å². The van der Waals surface area contributed by atoms with Crippen LogP contribution in [0.25, 0.3) is 0 Å². The molecule has 2 aliphatic heterocycles. The molecule has 2 heterocycles. The molecule has 1 aromatic rings. The quantitative estimate of drug-likeness (QED) is 0.847. The first kappa shape index (κ1) is 11.5. The lowest BCUT2D eigenvalue weighted by molar-refractivity contribution is 0.174. The van der Waals surface area contributed by atoms with Crippen LogP contribution in [0.5, 0.6) is 11.5 Å². The second-order valence-corrected chi connectivity index (χ2v) is 5.59. The van der Waals surface area contributed by atoms with Gasteiger partial charge in [0.2, 0.25) is 6.79 Å². The van der Waals surface area contributed by atoms with Crippen molar-refractivity contribution in [2.24, 2.45) is 0 Å². The zero-order chi connectivity index (χ0) is 12.5. The van der Waals surface area contributed by atoms with Crippen molar-refractivity contribution in [2.75, 3.05) is 24.4 Å². The number of carbonyl (C=O) groups is 1. The first-order valence-electron chi connectivity index (χ1n) is 5.83. The van der Waals surface area contributed by atoms with E-state index in [1.807, 2.05) is 17.9 Å². The third-order valence-corrected chi connectivity index (χ3v) is 4.17. The smallest absolute Gasteiger partial charge is 0.322 e. The van der Waals surface area contributed by atoms with E-state index >= 15 is 0 Å². The number of hydrogen-bond acceptors (Lipinski definition) is 4. The van der Waals surface area contributed by atoms with Gasteiger partial charge in [0.1, 0.15) is 0 Å². The standard InChI is InChI=1S/C12H14N2O3S/c1-8-14(4-5-18-8)12(15)13-9-2-3-10-11(6-9)17-7-16-10/h2-3,6,8H,4-5,7H2,1H3,(H,13,15). The lowest BCUT2D eigenvalue weighted by atomic mass is 10.3. The normalized spacial score (nSPS) is 21.2. The maximum Gasteiger partial charge on any atom is 0.322 e. The topological polar surface area (TPSA) is 50.8 Å². The molecular formula is C12H14N2O3S. The molecule has 0 spiro atoms. The molecule has 0 radical (unpaired) electrons. The van der Waals surface area contributed by atoms with Crippen LogP contribution in [0.15, 0.2) is 18.2 Å². The third-order valence-electron chi connectivity index (χ3n) is 3.01. The maximum absolute atomic E-state index is 12.1. The summed E-state index contributed by atoms with van der Waals surface area (Å²) in [6, 6.07) is 5.35. The van der Waals surface area contributed by atoms with Gasteiger partial charge < -0.3 is 19.7 Å². The molecule has 1 saturated heterocycles. The summed E-state index contributed by atoms with van der Waals surface area (Å²) in [5, 5.41) is 3.12. The highest BCUT2D eigenvalue weighted by Gasteiger charge is 2.26. The number of nitrogens with one attached hydrogen (secondary N) is 1. The van der Waals surface area contributed by atoms with Crippen molar-refractivity contribution in [3.63, 3.8) is 0 Å². The van der Waals surface area contributed by atoms with Crippen LogP contribution in [0, 0.1) is 0 Å². The minimum absolute atomic E-state index is 0.0636. The summed E-state index contributed by atoms with van der Waals surface area (Å²) in [4.78, 5) is 13.9. The predicted octanol–water partition coefficient (Wildman–Crippen LogP) is 2.34. The summed E-state index contributed by atoms with van der Waals surface area (Å²) in [5.74, 6) is 2.39. The Morgan fingerprint density at radius 3 is 3.06 bits per heavy atom. The van der Waals surface area contributed by atoms with Crippen LogP contribution in [0.2, 0.25) is 0 Å². The number of nitrogens with zero attached hydrogens (tertiary/aromatic N) is 1. The number of anilines is 1. The van der Waals surface area contributed by atoms with E-state index in [1.54, 1.807) is 23.9 Å². The lowest BCUT2D eigenvalue weighted by Crippen LogP contribution is -2.36. The average molecular weight is 266 g/mol. The minimum atomic E-state index is -0.0636. The van der Waals surface area contributed by atoms with Crippen LogP contribution in [-0.2, 0) is 0 Å². The molecule has 1 atom stereocenters. The van der Waals surface area contributed by atoms with Gasteiger partial charge in [0, 0.05) is 24.1 Å². The van der Waals surface area contributed by atoms with Crippen molar-refractivity contribution in [3.05, 3.63) is 18.2 Å². The first-order chi connectivity index (χ1) is 8.74. The van der Waals surface area contributed by atoms with Gasteiger partial charge in [-0.2, -0.15) is 0 Å². The Balaban J connectivity index is 1.71. The van der Waals surface area contributed by atoms with Gasteiger partial charge >= 0.3 is 6.03 Å². The number of carbonyl (C=O) groups excluding carboxylic acids is 1. The van der Waals surface area contributed by atoms with E-state index in [4.69, 9.17) is 9.47 Å². The zero-order valence-corrected chi connectivity index (χ0v) is 10.8. The predicted molar refractivity (Wildman–Crippen MR) is 70.2 cm³/mol. The average Bonchev–Trinajstić information content (AvgIpc) is 2.96. The van der Waals surface area contributed by atoms with Crippen LogP contribution >= 0.6 is 11.8 Å². The fourth-order valence-corrected chi connectivity index (χ4v) is 3.05. The number of benzene rings is 1. The highest BCUT2D eigenvalue weighted by molar-refractivity contribution is 8.00. The summed E-state index contributed by atoms with van der Waals surface area (Å²) in [7, 11) is 0. The molecule has 0 bridgehead atoms. The van der Waals surface area contributed by atoms with Crippen molar-refractivity contribution in [1.82, 2.24) is 4.90 Å². The fraction of sp³-hybridized carbons (Fsp3) is 0.417. The number of amides is 2. The highest BCUT2D eigenvalue weighted by Crippen LogP contribution is 2.34. The van der Waals surface area contributed by atoms with E-state index in [1.165, 1.54) is 0 Å². The highest BCUT2D eigenvalue weighted by atomic mass is 32.2. The van der Waals surface area contributed by atoms with Crippen LogP contribution in [0.4, 0.5) is 10.5 Å². The number of fused-ring (bicyclic) bond motifs is 1. The number of hydrogen-bond donors (Lipinski definition) is 1. The Morgan fingerprint density at radius 1 is 1.44 bits per heavy atom. The molecule has 0 aliphatic carbocycles. The van der Waals surface area contributed by atoms with Crippen LogP contribution in [0.3, 0.4) is 0 Å². The van der Waals surface area contributed by atoms with Gasteiger partial charge in [0.15, 0.2) is 11.5 Å². The van der Waals surface area contributed by atoms with Crippen LogP contribution in [-0.4, -0.2) is 35.4 Å². The molecule has 3 rings (SSSR count). The maximum atomic E-state index is 12.1. The number of urea groups is 1. The SMILES string of the molecule is CC1SCCN1C(=O)Nc1ccc2c(c1)OCO2. The first-order valence-corrected chi connectivity index (χ1v) is 6.88. The van der Waals surface area contributed by atoms with E-state index in [2.05, 4.69) is 5.32 Å². The number of rotatable bonds is 1. The molecule has 0 aromatic heterocycles. The Bertz CT molecular complexity index is 480. The summed E-state index contributed by atoms with van der Waals surface area (Å²) >= 11 is 1.78. The molecule has 18 heavy (non-hydrogen) atoms. The van der Waals surface area contributed by atoms with Crippen LogP contribution < -0.4 is 14.8 Å². The molecule has 6 heteroatoms. The van der Waals surface area contributed by atoms with E-state index in [0.717, 1.165) is 23.7 Å². The van der Waals surface area contributed by atoms with E-state index in [0.29, 0.717) is 5.75 Å². The molecule has 1 unspecified atom stereocenters. The molecule has 96 valence electrons. The fourth-order valence-electron chi connectivity index (χ4n) is 2.03. The Morgan fingerprint density at radius 2 is 2.28 bits per heavy atom. The number of thioether (sulfide) groups is 1. The minimum Gasteiger partial charge on any atom is -0.454 e. The largest absolute Gasteiger partial charge is 0.454 e. The van der Waals surface area contributed by atoms with Crippen molar-refractivity contribution in [2.45, 2.75) is 12.3 Å². The summed E-state index contributed by atoms with van der Waals surface area (Å²) < 4.78 is 10.5. The molecule has 1 aromatic carbocycles. The molecule has 0 saturated carbocycles. The third kappa shape index (κ3) is 2.08. The van der Waals surface area contributed by atoms with Crippen molar-refractivity contribution >= 4 is 23.5 Å². The number of ether oxygens (including phenoxy) is 2. The van der Waals surface area contributed by atoms with Gasteiger partial charge in [0.25, 0.3) is 0 Å². The van der Waals surface area contributed by atoms with Gasteiger partial charge in [0.05, 0.1) is 5.37 Å². The Kier molecular flexibility index (Phi) is 2.95. The molecule has 2 aliphatic rings. The van der Waals surface area contributed by atoms with Crippen molar-refractivity contribution in [1.29, 1.82) is 0 Å². The zero-order valence-electron chi connectivity index (χ0n) is 10.0. The van der Waals surface area contributed by atoms with Gasteiger partial charge in [-0.05, 0) is 19.1 Å². The molecule has 2 amide bonds. The lowest BCUT2D eigenvalue weighted by Gasteiger charge is -2.20. The van der Waals surface area contributed by atoms with Crippen molar-refractivity contribution in [3.8, 4) is 11.5 Å². The van der Waals surface area contributed by atoms with Crippen LogP contribution in [0.1, 0.15) is 6.92 Å². The van der Waals surface area contributed by atoms with E-state index in [-0.39, 0.29) is 18.2 Å². The van der Waals surface area contributed by atoms with Gasteiger partial charge in [-0.3, -0.25) is 0 Å².